The molecule has 0 aliphatic heterocycles. The molecule has 166 valence electrons. The van der Waals surface area contributed by atoms with Crippen LogP contribution in [-0.2, 0) is 13.6 Å². The maximum atomic E-state index is 13.5. The summed E-state index contributed by atoms with van der Waals surface area (Å²) in [4.78, 5) is 0. The minimum absolute atomic E-state index is 0. The van der Waals surface area contributed by atoms with Crippen LogP contribution in [-0.4, -0.2) is 45.6 Å². The third-order valence-corrected chi connectivity index (χ3v) is 3.38. The molecule has 0 amide bonds. The number of alkyl halides is 13. The number of hydrogen-bond acceptors (Lipinski definition) is 1. The second-order valence-electron chi connectivity index (χ2n) is 5.41. The van der Waals surface area contributed by atoms with Crippen LogP contribution < -0.4 is 28.5 Å². The van der Waals surface area contributed by atoms with E-state index < -0.39 is 48.8 Å². The molecular formula is C11H9F13IN3. The fraction of sp³-hybridized carbons (Fsp3) is 0.818. The summed E-state index contributed by atoms with van der Waals surface area (Å²) in [7, 11) is 1.23. The monoisotopic (exact) mass is 557 g/mol. The van der Waals surface area contributed by atoms with Gasteiger partial charge in [-0.25, -0.2) is 4.57 Å². The van der Waals surface area contributed by atoms with E-state index in [1.54, 1.807) is 0 Å². The zero-order valence-corrected chi connectivity index (χ0v) is 15.4. The molecule has 0 aliphatic carbocycles. The van der Waals surface area contributed by atoms with Gasteiger partial charge in [-0.05, 0) is 0 Å². The Morgan fingerprint density at radius 3 is 1.54 bits per heavy atom. The number of halogens is 14. The van der Waals surface area contributed by atoms with Crippen molar-refractivity contribution in [1.82, 2.24) is 9.78 Å². The molecule has 0 unspecified atom stereocenters. The molecule has 1 rings (SSSR count). The summed E-state index contributed by atoms with van der Waals surface area (Å²) >= 11 is 0. The Morgan fingerprint density at radius 1 is 0.750 bits per heavy atom. The highest BCUT2D eigenvalue weighted by Gasteiger charge is 2.90. The van der Waals surface area contributed by atoms with Crippen LogP contribution >= 0.6 is 0 Å². The van der Waals surface area contributed by atoms with Gasteiger partial charge in [-0.3, -0.25) is 0 Å². The molecule has 3 nitrogen and oxygen atoms in total. The van der Waals surface area contributed by atoms with E-state index in [2.05, 4.69) is 5.10 Å². The van der Waals surface area contributed by atoms with Crippen molar-refractivity contribution in [2.75, 3.05) is 0 Å². The molecule has 0 N–H and O–H groups in total. The Labute approximate surface area is 164 Å². The van der Waals surface area contributed by atoms with Gasteiger partial charge in [0.25, 0.3) is 6.33 Å². The minimum Gasteiger partial charge on any atom is -1.00 e. The van der Waals surface area contributed by atoms with Crippen molar-refractivity contribution >= 4 is 0 Å². The highest BCUT2D eigenvalue weighted by molar-refractivity contribution is 5.09. The molecule has 0 atom stereocenters. The molecule has 28 heavy (non-hydrogen) atoms. The first-order chi connectivity index (χ1) is 11.7. The summed E-state index contributed by atoms with van der Waals surface area (Å²) in [6, 6.07) is 0. The SMILES string of the molecule is Cn1c[n+](CCC(F)(F)C(F)(F)C(F)(F)C(F)(F)C(F)(F)C(F)(F)F)cn1.[I-]. The predicted molar refractivity (Wildman–Crippen MR) is 58.8 cm³/mol. The lowest BCUT2D eigenvalue weighted by molar-refractivity contribution is -0.701. The molecule has 0 spiro atoms. The quantitative estimate of drug-likeness (QED) is 0.277. The lowest BCUT2D eigenvalue weighted by Crippen LogP contribution is -3.00. The van der Waals surface area contributed by atoms with Gasteiger partial charge in [0.15, 0.2) is 0 Å². The highest BCUT2D eigenvalue weighted by Crippen LogP contribution is 2.60. The van der Waals surface area contributed by atoms with E-state index in [1.165, 1.54) is 7.05 Å². The molecular weight excluding hydrogens is 548 g/mol. The fourth-order valence-corrected chi connectivity index (χ4v) is 1.77. The van der Waals surface area contributed by atoms with Crippen molar-refractivity contribution < 1.29 is 85.6 Å². The van der Waals surface area contributed by atoms with Gasteiger partial charge in [-0.1, -0.05) is 0 Å². The summed E-state index contributed by atoms with van der Waals surface area (Å²) in [6.07, 6.45) is -8.06. The van der Waals surface area contributed by atoms with E-state index in [4.69, 9.17) is 0 Å². The molecule has 1 aromatic rings. The van der Waals surface area contributed by atoms with E-state index in [-0.39, 0.29) is 24.0 Å². The lowest BCUT2D eigenvalue weighted by atomic mass is 9.92. The molecule has 17 heteroatoms. The first kappa shape index (κ1) is 27.0. The van der Waals surface area contributed by atoms with Crippen LogP contribution in [0.15, 0.2) is 12.7 Å². The molecule has 0 aliphatic rings. The van der Waals surface area contributed by atoms with Gasteiger partial charge < -0.3 is 24.0 Å². The maximum absolute atomic E-state index is 13.5. The topological polar surface area (TPSA) is 21.7 Å². The minimum atomic E-state index is -7.87. The molecule has 1 aromatic heterocycles. The second-order valence-corrected chi connectivity index (χ2v) is 5.41. The van der Waals surface area contributed by atoms with Crippen molar-refractivity contribution in [2.45, 2.75) is 48.8 Å². The smallest absolute Gasteiger partial charge is 0.460 e. The van der Waals surface area contributed by atoms with Crippen LogP contribution in [0.3, 0.4) is 0 Å². The normalized spacial score (nSPS) is 14.8. The van der Waals surface area contributed by atoms with Gasteiger partial charge in [-0.15, -0.1) is 4.68 Å². The van der Waals surface area contributed by atoms with Crippen LogP contribution in [0, 0.1) is 0 Å². The third kappa shape index (κ3) is 4.12. The molecule has 0 radical (unpaired) electrons. The summed E-state index contributed by atoms with van der Waals surface area (Å²) in [6.45, 7) is -1.21. The fourth-order valence-electron chi connectivity index (χ4n) is 1.77. The van der Waals surface area contributed by atoms with Crippen LogP contribution in [0.4, 0.5) is 57.1 Å². The van der Waals surface area contributed by atoms with Crippen LogP contribution in [0.25, 0.3) is 0 Å². The first-order valence-electron chi connectivity index (χ1n) is 6.56. The van der Waals surface area contributed by atoms with Crippen molar-refractivity contribution in [3.8, 4) is 0 Å². The number of aryl methyl sites for hydroxylation is 2. The zero-order chi connectivity index (χ0) is 21.7. The van der Waals surface area contributed by atoms with Crippen molar-refractivity contribution in [1.29, 1.82) is 0 Å². The number of rotatable bonds is 7. The summed E-state index contributed by atoms with van der Waals surface area (Å²) in [5.41, 5.74) is 0. The zero-order valence-electron chi connectivity index (χ0n) is 13.2. The molecule has 1 heterocycles. The maximum Gasteiger partial charge on any atom is 0.460 e. The Kier molecular flexibility index (Phi) is 7.37. The average Bonchev–Trinajstić information content (AvgIpc) is 2.89. The molecule has 0 saturated carbocycles. The molecule has 0 aromatic carbocycles. The Balaban J connectivity index is 0.00000729. The van der Waals surface area contributed by atoms with E-state index in [0.29, 0.717) is 4.57 Å². The Hall–Kier alpha value is -1.04. The first-order valence-corrected chi connectivity index (χ1v) is 6.56. The van der Waals surface area contributed by atoms with E-state index >= 15 is 0 Å². The van der Waals surface area contributed by atoms with E-state index in [1.807, 2.05) is 0 Å². The van der Waals surface area contributed by atoms with Crippen LogP contribution in [0.1, 0.15) is 6.42 Å². The number of aromatic nitrogens is 3. The molecule has 0 fully saturated rings. The summed E-state index contributed by atoms with van der Waals surface area (Å²) in [5.74, 6) is -36.7. The van der Waals surface area contributed by atoms with Gasteiger partial charge >= 0.3 is 35.8 Å². The Bertz CT molecular complexity index is 667. The van der Waals surface area contributed by atoms with Gasteiger partial charge in [-0.2, -0.15) is 57.1 Å². The number of hydrogen-bond donors (Lipinski definition) is 0. The summed E-state index contributed by atoms with van der Waals surface area (Å²) < 4.78 is 169. The lowest BCUT2D eigenvalue weighted by Gasteiger charge is -2.39. The summed E-state index contributed by atoms with van der Waals surface area (Å²) in [5, 5.41) is 3.38. The van der Waals surface area contributed by atoms with Gasteiger partial charge in [0.1, 0.15) is 0 Å². The van der Waals surface area contributed by atoms with Crippen molar-refractivity contribution in [2.24, 2.45) is 7.05 Å². The average molecular weight is 557 g/mol. The van der Waals surface area contributed by atoms with E-state index in [9.17, 15) is 57.1 Å². The molecule has 0 bridgehead atoms. The predicted octanol–water partition coefficient (Wildman–Crippen LogP) is 0.841. The van der Waals surface area contributed by atoms with Crippen molar-refractivity contribution in [3.63, 3.8) is 0 Å². The largest absolute Gasteiger partial charge is 1.00 e. The number of nitrogens with zero attached hydrogens (tertiary/aromatic N) is 3. The van der Waals surface area contributed by atoms with Crippen LogP contribution in [0.2, 0.25) is 0 Å². The van der Waals surface area contributed by atoms with Crippen molar-refractivity contribution in [3.05, 3.63) is 12.7 Å². The second kappa shape index (κ2) is 7.66. The third-order valence-electron chi connectivity index (χ3n) is 3.38. The standard InChI is InChI=1S/C11H9F13N3.HI/c1-26-5-27(4-25-26)3-2-6(12,13)7(14,15)8(16,17)9(18,19)10(20,21)11(22,23)24;/h4-5H,2-3H2,1H3;1H/q+1;/p-1. The van der Waals surface area contributed by atoms with E-state index in [0.717, 1.165) is 17.3 Å². The van der Waals surface area contributed by atoms with Gasteiger partial charge in [0, 0.05) is 11.5 Å². The van der Waals surface area contributed by atoms with Crippen LogP contribution in [0.5, 0.6) is 0 Å². The highest BCUT2D eigenvalue weighted by atomic mass is 127. The molecule has 0 saturated heterocycles. The van der Waals surface area contributed by atoms with Gasteiger partial charge in [0.2, 0.25) is 6.33 Å². The van der Waals surface area contributed by atoms with Gasteiger partial charge in [0.05, 0.1) is 13.6 Å². The Morgan fingerprint density at radius 2 is 1.18 bits per heavy atom.